The number of ether oxygens (including phenoxy) is 1. The smallest absolute Gasteiger partial charge is 0.341 e. The van der Waals surface area contributed by atoms with E-state index in [4.69, 9.17) is 4.74 Å². The van der Waals surface area contributed by atoms with Crippen molar-refractivity contribution < 1.29 is 14.3 Å². The molecule has 21 heavy (non-hydrogen) atoms. The van der Waals surface area contributed by atoms with Crippen molar-refractivity contribution in [3.05, 3.63) is 16.0 Å². The lowest BCUT2D eigenvalue weighted by Crippen LogP contribution is -2.19. The molecule has 1 aliphatic rings. The maximum atomic E-state index is 12.1. The molecule has 0 spiro atoms. The van der Waals surface area contributed by atoms with Gasteiger partial charge in [0.1, 0.15) is 5.00 Å². The largest absolute Gasteiger partial charge is 0.465 e. The van der Waals surface area contributed by atoms with Crippen molar-refractivity contribution in [2.24, 2.45) is 11.8 Å². The van der Waals surface area contributed by atoms with Gasteiger partial charge < -0.3 is 10.1 Å². The van der Waals surface area contributed by atoms with Crippen LogP contribution in [0.2, 0.25) is 0 Å². The number of anilines is 1. The lowest BCUT2D eigenvalue weighted by molar-refractivity contribution is -0.118. The molecule has 4 nitrogen and oxygen atoms in total. The van der Waals surface area contributed by atoms with Crippen LogP contribution >= 0.6 is 11.3 Å². The monoisotopic (exact) mass is 309 g/mol. The number of amides is 1. The van der Waals surface area contributed by atoms with Gasteiger partial charge in [0, 0.05) is 10.8 Å². The number of thiophene rings is 1. The summed E-state index contributed by atoms with van der Waals surface area (Å²) in [6.07, 6.45) is 4.14. The minimum Gasteiger partial charge on any atom is -0.465 e. The molecule has 1 aliphatic carbocycles. The molecule has 116 valence electrons. The number of esters is 1. The van der Waals surface area contributed by atoms with E-state index >= 15 is 0 Å². The minimum absolute atomic E-state index is 0.0641. The Morgan fingerprint density at radius 3 is 2.71 bits per heavy atom. The topological polar surface area (TPSA) is 55.4 Å². The summed E-state index contributed by atoms with van der Waals surface area (Å²) in [6, 6.07) is 0. The molecule has 0 fully saturated rings. The van der Waals surface area contributed by atoms with E-state index in [0.717, 1.165) is 31.2 Å². The molecule has 0 radical (unpaired) electrons. The summed E-state index contributed by atoms with van der Waals surface area (Å²) in [5.41, 5.74) is 1.65. The minimum atomic E-state index is -0.346. The number of carbonyl (C=O) groups is 2. The van der Waals surface area contributed by atoms with E-state index < -0.39 is 0 Å². The third-order valence-electron chi connectivity index (χ3n) is 4.10. The molecule has 0 saturated heterocycles. The highest BCUT2D eigenvalue weighted by atomic mass is 32.1. The number of rotatable bonds is 4. The van der Waals surface area contributed by atoms with E-state index in [9.17, 15) is 9.59 Å². The fourth-order valence-electron chi connectivity index (χ4n) is 2.66. The van der Waals surface area contributed by atoms with Gasteiger partial charge in [-0.25, -0.2) is 4.79 Å². The summed E-state index contributed by atoms with van der Waals surface area (Å²) in [7, 11) is 1.39. The van der Waals surface area contributed by atoms with E-state index in [0.29, 0.717) is 16.5 Å². The van der Waals surface area contributed by atoms with Crippen molar-refractivity contribution in [3.63, 3.8) is 0 Å². The van der Waals surface area contributed by atoms with Crippen LogP contribution in [0.1, 0.15) is 54.4 Å². The van der Waals surface area contributed by atoms with Gasteiger partial charge in [-0.15, -0.1) is 11.3 Å². The van der Waals surface area contributed by atoms with E-state index in [-0.39, 0.29) is 17.8 Å². The quantitative estimate of drug-likeness (QED) is 0.864. The third kappa shape index (κ3) is 3.28. The van der Waals surface area contributed by atoms with Gasteiger partial charge in [-0.05, 0) is 30.7 Å². The van der Waals surface area contributed by atoms with E-state index in [2.05, 4.69) is 12.2 Å². The predicted molar refractivity (Wildman–Crippen MR) is 84.9 cm³/mol. The van der Waals surface area contributed by atoms with Gasteiger partial charge in [0.2, 0.25) is 5.91 Å². The molecule has 1 N–H and O–H groups in total. The first-order valence-corrected chi connectivity index (χ1v) is 8.33. The van der Waals surface area contributed by atoms with Crippen LogP contribution in [0.4, 0.5) is 5.00 Å². The Labute approximate surface area is 129 Å². The van der Waals surface area contributed by atoms with Crippen LogP contribution < -0.4 is 5.32 Å². The number of hydrogen-bond donors (Lipinski definition) is 1. The Balaban J connectivity index is 2.38. The molecule has 1 heterocycles. The number of fused-ring (bicyclic) bond motifs is 1. The maximum Gasteiger partial charge on any atom is 0.341 e. The van der Waals surface area contributed by atoms with Gasteiger partial charge in [0.25, 0.3) is 0 Å². The zero-order valence-corrected chi connectivity index (χ0v) is 13.9. The Kier molecular flexibility index (Phi) is 5.04. The van der Waals surface area contributed by atoms with Crippen molar-refractivity contribution >= 4 is 28.2 Å². The molecule has 5 heteroatoms. The van der Waals surface area contributed by atoms with Crippen LogP contribution in [0.25, 0.3) is 0 Å². The molecule has 2 rings (SSSR count). The molecule has 1 amide bonds. The average Bonchev–Trinajstić information content (AvgIpc) is 2.82. The molecule has 0 saturated carbocycles. The van der Waals surface area contributed by atoms with Crippen LogP contribution in [0.3, 0.4) is 0 Å². The molecule has 1 atom stereocenters. The van der Waals surface area contributed by atoms with Crippen molar-refractivity contribution in [2.45, 2.75) is 46.5 Å². The molecule has 1 aromatic heterocycles. The Morgan fingerprint density at radius 2 is 2.14 bits per heavy atom. The summed E-state index contributed by atoms with van der Waals surface area (Å²) >= 11 is 1.54. The van der Waals surface area contributed by atoms with Crippen LogP contribution in [-0.4, -0.2) is 19.0 Å². The lowest BCUT2D eigenvalue weighted by atomic mass is 9.85. The highest BCUT2D eigenvalue weighted by Crippen LogP contribution is 2.40. The van der Waals surface area contributed by atoms with Crippen LogP contribution in [0.15, 0.2) is 0 Å². The maximum absolute atomic E-state index is 12.1. The van der Waals surface area contributed by atoms with Gasteiger partial charge in [0.05, 0.1) is 12.7 Å². The van der Waals surface area contributed by atoms with Gasteiger partial charge in [-0.3, -0.25) is 4.79 Å². The summed E-state index contributed by atoms with van der Waals surface area (Å²) in [5, 5.41) is 3.55. The summed E-state index contributed by atoms with van der Waals surface area (Å²) in [4.78, 5) is 25.3. The predicted octanol–water partition coefficient (Wildman–Crippen LogP) is 3.64. The Hall–Kier alpha value is -1.36. The van der Waals surface area contributed by atoms with Crippen molar-refractivity contribution in [1.29, 1.82) is 0 Å². The molecule has 1 unspecified atom stereocenters. The number of hydrogen-bond acceptors (Lipinski definition) is 4. The summed E-state index contributed by atoms with van der Waals surface area (Å²) in [6.45, 7) is 5.88. The standard InChI is InChI=1S/C16H23NO3S/c1-5-10-6-7-11-12(8-10)21-15(13(11)16(19)20-4)17-14(18)9(2)3/h9-10H,5-8H2,1-4H3,(H,17,18). The first kappa shape index (κ1) is 16.0. The Morgan fingerprint density at radius 1 is 1.43 bits per heavy atom. The van der Waals surface area contributed by atoms with Crippen molar-refractivity contribution in [1.82, 2.24) is 0 Å². The van der Waals surface area contributed by atoms with E-state index in [1.807, 2.05) is 13.8 Å². The number of carbonyl (C=O) groups excluding carboxylic acids is 2. The average molecular weight is 309 g/mol. The second kappa shape index (κ2) is 6.60. The van der Waals surface area contributed by atoms with E-state index in [1.54, 1.807) is 0 Å². The summed E-state index contributed by atoms with van der Waals surface area (Å²) in [5.74, 6) is 0.153. The lowest BCUT2D eigenvalue weighted by Gasteiger charge is -2.20. The van der Waals surface area contributed by atoms with Crippen molar-refractivity contribution in [2.75, 3.05) is 12.4 Å². The van der Waals surface area contributed by atoms with Crippen LogP contribution in [0.5, 0.6) is 0 Å². The van der Waals surface area contributed by atoms with Gasteiger partial charge in [-0.2, -0.15) is 0 Å². The molecular formula is C16H23NO3S. The SMILES string of the molecule is CCC1CCc2c(sc(NC(=O)C(C)C)c2C(=O)OC)C1. The highest BCUT2D eigenvalue weighted by molar-refractivity contribution is 7.17. The highest BCUT2D eigenvalue weighted by Gasteiger charge is 2.29. The zero-order chi connectivity index (χ0) is 15.6. The van der Waals surface area contributed by atoms with Gasteiger partial charge >= 0.3 is 5.97 Å². The van der Waals surface area contributed by atoms with Crippen LogP contribution in [0, 0.1) is 11.8 Å². The first-order valence-electron chi connectivity index (χ1n) is 7.51. The van der Waals surface area contributed by atoms with Gasteiger partial charge in [0.15, 0.2) is 0 Å². The molecule has 1 aromatic rings. The summed E-state index contributed by atoms with van der Waals surface area (Å²) < 4.78 is 4.91. The fraction of sp³-hybridized carbons (Fsp3) is 0.625. The molecule has 0 aromatic carbocycles. The van der Waals surface area contributed by atoms with Crippen molar-refractivity contribution in [3.8, 4) is 0 Å². The molecule has 0 bridgehead atoms. The molecular weight excluding hydrogens is 286 g/mol. The Bertz CT molecular complexity index is 548. The fourth-order valence-corrected chi connectivity index (χ4v) is 4.02. The van der Waals surface area contributed by atoms with E-state index in [1.165, 1.54) is 23.3 Å². The number of methoxy groups -OCH3 is 1. The van der Waals surface area contributed by atoms with Crippen LogP contribution in [-0.2, 0) is 22.4 Å². The second-order valence-electron chi connectivity index (χ2n) is 5.86. The second-order valence-corrected chi connectivity index (χ2v) is 6.97. The third-order valence-corrected chi connectivity index (χ3v) is 5.27. The normalized spacial score (nSPS) is 17.5. The number of nitrogens with one attached hydrogen (secondary N) is 1. The van der Waals surface area contributed by atoms with Gasteiger partial charge in [-0.1, -0.05) is 27.2 Å². The first-order chi connectivity index (χ1) is 9.97. The zero-order valence-electron chi connectivity index (χ0n) is 13.1. The molecule has 0 aliphatic heterocycles.